The number of rotatable bonds is 6. The van der Waals surface area contributed by atoms with Crippen molar-refractivity contribution < 1.29 is 4.79 Å². The number of carbonyl (C=O) groups is 1. The number of anilines is 2. The fourth-order valence-corrected chi connectivity index (χ4v) is 3.50. The van der Waals surface area contributed by atoms with Crippen molar-refractivity contribution in [1.82, 2.24) is 14.8 Å². The van der Waals surface area contributed by atoms with Crippen molar-refractivity contribution in [3.8, 4) is 0 Å². The van der Waals surface area contributed by atoms with Gasteiger partial charge in [0.05, 0.1) is 0 Å². The smallest absolute Gasteiger partial charge is 0.268 e. The molecule has 0 aromatic carbocycles. The number of nitrogens with one attached hydrogen (secondary N) is 1. The Hall–Kier alpha value is -1.34. The number of aromatic nitrogens is 1. The minimum absolute atomic E-state index is 0.0268. The van der Waals surface area contributed by atoms with E-state index in [4.69, 9.17) is 5.73 Å². The summed E-state index contributed by atoms with van der Waals surface area (Å²) in [6.07, 6.45) is 3.13. The van der Waals surface area contributed by atoms with Gasteiger partial charge in [-0.15, -0.1) is 0 Å². The third-order valence-electron chi connectivity index (χ3n) is 3.59. The van der Waals surface area contributed by atoms with Crippen molar-refractivity contribution in [1.29, 1.82) is 0 Å². The lowest BCUT2D eigenvalue weighted by atomic mass is 10.2. The predicted molar refractivity (Wildman–Crippen MR) is 87.9 cm³/mol. The maximum atomic E-state index is 12.7. The van der Waals surface area contributed by atoms with E-state index in [-0.39, 0.29) is 11.9 Å². The second-order valence-corrected chi connectivity index (χ2v) is 6.72. The highest BCUT2D eigenvalue weighted by Crippen LogP contribution is 2.29. The van der Waals surface area contributed by atoms with Gasteiger partial charge in [0, 0.05) is 25.7 Å². The molecule has 2 rings (SSSR count). The normalized spacial score (nSPS) is 18.5. The molecule has 7 heteroatoms. The number of likely N-dealkylation sites (tertiary alicyclic amines) is 1. The van der Waals surface area contributed by atoms with Crippen LogP contribution in [0.5, 0.6) is 0 Å². The van der Waals surface area contributed by atoms with Crippen LogP contribution in [0.15, 0.2) is 0 Å². The summed E-state index contributed by atoms with van der Waals surface area (Å²) in [7, 11) is 4.07. The lowest BCUT2D eigenvalue weighted by Gasteiger charge is -2.26. The Balaban J connectivity index is 2.10. The van der Waals surface area contributed by atoms with E-state index in [1.54, 1.807) is 0 Å². The van der Waals surface area contributed by atoms with Crippen LogP contribution in [-0.4, -0.2) is 60.5 Å². The van der Waals surface area contributed by atoms with Crippen LogP contribution in [-0.2, 0) is 0 Å². The molecule has 1 aliphatic rings. The van der Waals surface area contributed by atoms with E-state index >= 15 is 0 Å². The van der Waals surface area contributed by atoms with Crippen LogP contribution >= 0.6 is 11.3 Å². The summed E-state index contributed by atoms with van der Waals surface area (Å²) in [5, 5.41) is 3.93. The number of hydrogen-bond donors (Lipinski definition) is 2. The van der Waals surface area contributed by atoms with Gasteiger partial charge in [0.15, 0.2) is 5.13 Å². The van der Waals surface area contributed by atoms with Crippen LogP contribution < -0.4 is 11.1 Å². The van der Waals surface area contributed by atoms with Crippen LogP contribution in [0, 0.1) is 0 Å². The van der Waals surface area contributed by atoms with Crippen molar-refractivity contribution in [2.75, 3.05) is 44.8 Å². The van der Waals surface area contributed by atoms with E-state index in [1.165, 1.54) is 11.3 Å². The van der Waals surface area contributed by atoms with Gasteiger partial charge in [0.25, 0.3) is 5.91 Å². The molecule has 0 spiro atoms. The summed E-state index contributed by atoms with van der Waals surface area (Å²) in [4.78, 5) is 21.6. The van der Waals surface area contributed by atoms with Gasteiger partial charge in [0.2, 0.25) is 0 Å². The van der Waals surface area contributed by atoms with Gasteiger partial charge >= 0.3 is 0 Å². The van der Waals surface area contributed by atoms with Crippen molar-refractivity contribution in [2.24, 2.45) is 0 Å². The fourth-order valence-electron chi connectivity index (χ4n) is 2.64. The number of nitrogens with zero attached hydrogens (tertiary/aromatic N) is 3. The average Bonchev–Trinajstić information content (AvgIpc) is 3.02. The molecule has 1 atom stereocenters. The van der Waals surface area contributed by atoms with Crippen LogP contribution in [0.3, 0.4) is 0 Å². The quantitative estimate of drug-likeness (QED) is 0.836. The molecule has 1 amide bonds. The molecule has 1 saturated heterocycles. The highest BCUT2D eigenvalue weighted by molar-refractivity contribution is 7.18. The molecule has 3 N–H and O–H groups in total. The molecule has 0 bridgehead atoms. The number of thiazole rings is 1. The summed E-state index contributed by atoms with van der Waals surface area (Å²) in [6.45, 7) is 4.64. The Bertz CT molecular complexity index is 488. The summed E-state index contributed by atoms with van der Waals surface area (Å²) >= 11 is 1.36. The molecule has 0 radical (unpaired) electrons. The summed E-state index contributed by atoms with van der Waals surface area (Å²) < 4.78 is 0. The fraction of sp³-hybridized carbons (Fsp3) is 0.714. The summed E-state index contributed by atoms with van der Waals surface area (Å²) in [6, 6.07) is 0.279. The Morgan fingerprint density at radius 3 is 3.00 bits per heavy atom. The maximum Gasteiger partial charge on any atom is 0.268 e. The standard InChI is InChI=1S/C14H25N5OS/c1-4-7-16-14-17-12(15)11(21-14)13(20)19-8-5-6-10(19)9-18(2)3/h10H,4-9,15H2,1-3H3,(H,16,17). The first-order valence-corrected chi connectivity index (χ1v) is 8.30. The van der Waals surface area contributed by atoms with Crippen molar-refractivity contribution in [3.63, 3.8) is 0 Å². The van der Waals surface area contributed by atoms with Gasteiger partial charge < -0.3 is 20.9 Å². The average molecular weight is 311 g/mol. The van der Waals surface area contributed by atoms with Crippen molar-refractivity contribution in [3.05, 3.63) is 4.88 Å². The van der Waals surface area contributed by atoms with Gasteiger partial charge in [-0.2, -0.15) is 0 Å². The second-order valence-electron chi connectivity index (χ2n) is 5.72. The molecular weight excluding hydrogens is 286 g/mol. The van der Waals surface area contributed by atoms with Gasteiger partial charge in [-0.05, 0) is 33.4 Å². The number of nitrogens with two attached hydrogens (primary N) is 1. The zero-order valence-corrected chi connectivity index (χ0v) is 13.9. The minimum Gasteiger partial charge on any atom is -0.382 e. The molecule has 21 heavy (non-hydrogen) atoms. The lowest BCUT2D eigenvalue weighted by Crippen LogP contribution is -2.41. The van der Waals surface area contributed by atoms with Crippen LogP contribution in [0.2, 0.25) is 0 Å². The van der Waals surface area contributed by atoms with E-state index < -0.39 is 0 Å². The van der Waals surface area contributed by atoms with Crippen molar-refractivity contribution in [2.45, 2.75) is 32.2 Å². The van der Waals surface area contributed by atoms with Crippen LogP contribution in [0.25, 0.3) is 0 Å². The molecule has 0 saturated carbocycles. The monoisotopic (exact) mass is 311 g/mol. The van der Waals surface area contributed by atoms with Gasteiger partial charge in [-0.25, -0.2) is 4.98 Å². The SMILES string of the molecule is CCCNc1nc(N)c(C(=O)N2CCCC2CN(C)C)s1. The van der Waals surface area contributed by atoms with Crippen molar-refractivity contribution >= 4 is 28.2 Å². The Labute approximate surface area is 130 Å². The predicted octanol–water partition coefficient (Wildman–Crippen LogP) is 1.71. The Kier molecular flexibility index (Phi) is 5.41. The van der Waals surface area contributed by atoms with Gasteiger partial charge in [-0.3, -0.25) is 4.79 Å². The first-order chi connectivity index (χ1) is 10.0. The topological polar surface area (TPSA) is 74.5 Å². The third-order valence-corrected chi connectivity index (χ3v) is 4.60. The van der Waals surface area contributed by atoms with Gasteiger partial charge in [-0.1, -0.05) is 18.3 Å². The zero-order chi connectivity index (χ0) is 15.4. The van der Waals surface area contributed by atoms with E-state index in [0.717, 1.165) is 44.0 Å². The van der Waals surface area contributed by atoms with Crippen LogP contribution in [0.1, 0.15) is 35.9 Å². The van der Waals surface area contributed by atoms with E-state index in [9.17, 15) is 4.79 Å². The van der Waals surface area contributed by atoms with E-state index in [1.807, 2.05) is 19.0 Å². The molecular formula is C14H25N5OS. The molecule has 1 fully saturated rings. The summed E-state index contributed by atoms with van der Waals surface area (Å²) in [5.41, 5.74) is 5.93. The second kappa shape index (κ2) is 7.09. The number of hydrogen-bond acceptors (Lipinski definition) is 6. The molecule has 0 aliphatic carbocycles. The number of likely N-dealkylation sites (N-methyl/N-ethyl adjacent to an activating group) is 1. The lowest BCUT2D eigenvalue weighted by molar-refractivity contribution is 0.0722. The molecule has 1 aromatic rings. The molecule has 1 aromatic heterocycles. The maximum absolute atomic E-state index is 12.7. The highest BCUT2D eigenvalue weighted by atomic mass is 32.1. The summed E-state index contributed by atoms with van der Waals surface area (Å²) in [5.74, 6) is 0.373. The third kappa shape index (κ3) is 3.85. The first-order valence-electron chi connectivity index (χ1n) is 7.48. The largest absolute Gasteiger partial charge is 0.382 e. The zero-order valence-electron chi connectivity index (χ0n) is 13.1. The molecule has 1 unspecified atom stereocenters. The number of nitrogen functional groups attached to an aromatic ring is 1. The molecule has 2 heterocycles. The number of carbonyl (C=O) groups excluding carboxylic acids is 1. The Morgan fingerprint density at radius 2 is 2.33 bits per heavy atom. The molecule has 1 aliphatic heterocycles. The molecule has 6 nitrogen and oxygen atoms in total. The molecule has 118 valence electrons. The van der Waals surface area contributed by atoms with Crippen LogP contribution in [0.4, 0.5) is 10.9 Å². The highest BCUT2D eigenvalue weighted by Gasteiger charge is 2.32. The minimum atomic E-state index is 0.0268. The van der Waals surface area contributed by atoms with E-state index in [0.29, 0.717) is 10.7 Å². The van der Waals surface area contributed by atoms with E-state index in [2.05, 4.69) is 22.1 Å². The first kappa shape index (κ1) is 16.0. The number of amides is 1. The van der Waals surface area contributed by atoms with Gasteiger partial charge in [0.1, 0.15) is 10.7 Å². The Morgan fingerprint density at radius 1 is 1.57 bits per heavy atom.